The Morgan fingerprint density at radius 1 is 1.12 bits per heavy atom. The van der Waals surface area contributed by atoms with Gasteiger partial charge in [-0.2, -0.15) is 4.31 Å². The Bertz CT molecular complexity index is 1140. The van der Waals surface area contributed by atoms with E-state index < -0.39 is 22.1 Å². The summed E-state index contributed by atoms with van der Waals surface area (Å²) in [5.41, 5.74) is 1.16. The van der Waals surface area contributed by atoms with Gasteiger partial charge in [-0.1, -0.05) is 0 Å². The molecule has 3 rings (SSSR count). The predicted octanol–water partition coefficient (Wildman–Crippen LogP) is 2.70. The smallest absolute Gasteiger partial charge is 0.413 e. The van der Waals surface area contributed by atoms with Crippen LogP contribution >= 0.6 is 0 Å². The van der Waals surface area contributed by atoms with E-state index in [1.165, 1.54) is 28.4 Å². The van der Waals surface area contributed by atoms with Gasteiger partial charge in [0.2, 0.25) is 16.8 Å². The molecule has 1 aromatic heterocycles. The number of benzene rings is 1. The van der Waals surface area contributed by atoms with Crippen molar-refractivity contribution in [3.8, 4) is 0 Å². The number of anilines is 2. The monoisotopic (exact) mass is 493 g/mol. The molecule has 0 aliphatic carbocycles. The van der Waals surface area contributed by atoms with Crippen LogP contribution in [0.2, 0.25) is 0 Å². The summed E-state index contributed by atoms with van der Waals surface area (Å²) in [5.74, 6) is -1.49. The lowest BCUT2D eigenvalue weighted by molar-refractivity contribution is -0.120. The van der Waals surface area contributed by atoms with E-state index in [9.17, 15) is 22.8 Å². The van der Waals surface area contributed by atoms with E-state index in [1.807, 2.05) is 0 Å². The number of hydrogen-bond acceptors (Lipinski definition) is 8. The average Bonchev–Trinajstić information content (AvgIpc) is 3.35. The first-order valence-corrected chi connectivity index (χ1v) is 12.1. The lowest BCUT2D eigenvalue weighted by Crippen LogP contribution is -2.41. The molecule has 0 unspecified atom stereocenters. The van der Waals surface area contributed by atoms with Gasteiger partial charge in [0.15, 0.2) is 0 Å². The van der Waals surface area contributed by atoms with Gasteiger partial charge in [-0.15, -0.1) is 0 Å². The first-order valence-electron chi connectivity index (χ1n) is 10.7. The number of nitrogens with one attached hydrogen (secondary N) is 1. The minimum atomic E-state index is -3.94. The van der Waals surface area contributed by atoms with Crippen LogP contribution in [0, 0.1) is 5.92 Å². The lowest BCUT2D eigenvalue weighted by Gasteiger charge is -2.29. The second-order valence-corrected chi connectivity index (χ2v) is 9.45. The van der Waals surface area contributed by atoms with Gasteiger partial charge < -0.3 is 19.2 Å². The highest BCUT2D eigenvalue weighted by atomic mass is 32.2. The van der Waals surface area contributed by atoms with Crippen LogP contribution < -0.4 is 10.2 Å². The number of nitrogens with zero attached hydrogens (tertiary/aromatic N) is 2. The number of carbonyl (C=O) groups excluding carboxylic acids is 3. The second-order valence-electron chi connectivity index (χ2n) is 7.58. The summed E-state index contributed by atoms with van der Waals surface area (Å²) in [5, 5.41) is 2.48. The highest BCUT2D eigenvalue weighted by Gasteiger charge is 2.34. The summed E-state index contributed by atoms with van der Waals surface area (Å²) in [6.07, 6.45) is 0.157. The summed E-state index contributed by atoms with van der Waals surface area (Å²) < 4.78 is 41.6. The largest absolute Gasteiger partial charge is 0.460 e. The summed E-state index contributed by atoms with van der Waals surface area (Å²) in [7, 11) is -1.07. The molecule has 184 valence electrons. The molecule has 0 saturated carbocycles. The number of amides is 2. The Morgan fingerprint density at radius 2 is 1.76 bits per heavy atom. The fraction of sp³-hybridized carbons (Fsp3) is 0.409. The minimum absolute atomic E-state index is 0.138. The standard InChI is InChI=1S/C22H27N3O8S/c1-4-32-21(27)18-9-10-19(33-18)34(29,30)25-13-11-15(12-14-25)20(26)23-16-5-7-17(8-6-16)24(2)22(28)31-3/h5-10,15H,4,11-14H2,1-3H3,(H,23,26). The van der Waals surface area contributed by atoms with E-state index in [4.69, 9.17) is 9.15 Å². The number of furan rings is 1. The van der Waals surface area contributed by atoms with Crippen molar-refractivity contribution in [2.75, 3.05) is 44.1 Å². The molecule has 0 bridgehead atoms. The van der Waals surface area contributed by atoms with Crippen molar-refractivity contribution in [1.82, 2.24) is 4.31 Å². The third-order valence-corrected chi connectivity index (χ3v) is 7.22. The van der Waals surface area contributed by atoms with E-state index in [1.54, 1.807) is 38.2 Å². The quantitative estimate of drug-likeness (QED) is 0.582. The van der Waals surface area contributed by atoms with Crippen LogP contribution in [0.15, 0.2) is 45.9 Å². The molecule has 0 radical (unpaired) electrons. The molecule has 1 aromatic carbocycles. The maximum Gasteiger partial charge on any atom is 0.413 e. The van der Waals surface area contributed by atoms with Crippen LogP contribution in [0.25, 0.3) is 0 Å². The first kappa shape index (κ1) is 25.2. The van der Waals surface area contributed by atoms with Gasteiger partial charge in [0.25, 0.3) is 10.0 Å². The molecule has 2 amide bonds. The maximum absolute atomic E-state index is 12.8. The van der Waals surface area contributed by atoms with Crippen LogP contribution in [0.5, 0.6) is 0 Å². The Hall–Kier alpha value is -3.38. The fourth-order valence-corrected chi connectivity index (χ4v) is 4.89. The number of carbonyl (C=O) groups is 3. The summed E-state index contributed by atoms with van der Waals surface area (Å²) in [6.45, 7) is 2.06. The predicted molar refractivity (Wildman–Crippen MR) is 122 cm³/mol. The van der Waals surface area contributed by atoms with Gasteiger partial charge in [-0.25, -0.2) is 18.0 Å². The molecule has 34 heavy (non-hydrogen) atoms. The average molecular weight is 494 g/mol. The zero-order valence-electron chi connectivity index (χ0n) is 19.1. The minimum Gasteiger partial charge on any atom is -0.460 e. The number of hydrogen-bond donors (Lipinski definition) is 1. The zero-order chi connectivity index (χ0) is 24.9. The Labute approximate surface area is 197 Å². The molecular formula is C22H27N3O8S. The van der Waals surface area contributed by atoms with Crippen molar-refractivity contribution in [2.45, 2.75) is 24.9 Å². The number of ether oxygens (including phenoxy) is 2. The van der Waals surface area contributed by atoms with Crippen molar-refractivity contribution in [3.63, 3.8) is 0 Å². The molecule has 0 spiro atoms. The molecule has 1 aliphatic heterocycles. The third-order valence-electron chi connectivity index (χ3n) is 5.45. The molecule has 1 fully saturated rings. The Morgan fingerprint density at radius 3 is 2.35 bits per heavy atom. The highest BCUT2D eigenvalue weighted by Crippen LogP contribution is 2.26. The number of piperidine rings is 1. The highest BCUT2D eigenvalue weighted by molar-refractivity contribution is 7.89. The number of methoxy groups -OCH3 is 1. The normalized spacial score (nSPS) is 14.9. The van der Waals surface area contributed by atoms with Crippen molar-refractivity contribution in [3.05, 3.63) is 42.2 Å². The van der Waals surface area contributed by atoms with Crippen LogP contribution in [-0.4, -0.2) is 64.5 Å². The van der Waals surface area contributed by atoms with Gasteiger partial charge in [0.1, 0.15) is 0 Å². The van der Waals surface area contributed by atoms with Gasteiger partial charge in [0.05, 0.1) is 13.7 Å². The van der Waals surface area contributed by atoms with E-state index in [2.05, 4.69) is 10.1 Å². The van der Waals surface area contributed by atoms with Crippen molar-refractivity contribution in [1.29, 1.82) is 0 Å². The molecule has 0 atom stereocenters. The molecule has 1 N–H and O–H groups in total. The molecule has 2 heterocycles. The molecule has 1 saturated heterocycles. The number of rotatable bonds is 7. The summed E-state index contributed by atoms with van der Waals surface area (Å²) in [4.78, 5) is 37.3. The Kier molecular flexibility index (Phi) is 7.94. The first-order chi connectivity index (χ1) is 16.2. The van der Waals surface area contributed by atoms with E-state index in [0.717, 1.165) is 0 Å². The molecule has 12 heteroatoms. The van der Waals surface area contributed by atoms with Gasteiger partial charge in [-0.05, 0) is 56.2 Å². The van der Waals surface area contributed by atoms with Crippen LogP contribution in [0.4, 0.5) is 16.2 Å². The zero-order valence-corrected chi connectivity index (χ0v) is 20.0. The second kappa shape index (κ2) is 10.7. The molecule has 2 aromatic rings. The fourth-order valence-electron chi connectivity index (χ4n) is 3.51. The van der Waals surface area contributed by atoms with E-state index in [-0.39, 0.29) is 42.4 Å². The Balaban J connectivity index is 1.56. The van der Waals surface area contributed by atoms with Crippen molar-refractivity contribution in [2.24, 2.45) is 5.92 Å². The van der Waals surface area contributed by atoms with Gasteiger partial charge >= 0.3 is 12.1 Å². The lowest BCUT2D eigenvalue weighted by atomic mass is 9.97. The van der Waals surface area contributed by atoms with Crippen LogP contribution in [0.3, 0.4) is 0 Å². The molecule has 11 nitrogen and oxygen atoms in total. The number of sulfonamides is 1. The topological polar surface area (TPSA) is 135 Å². The van der Waals surface area contributed by atoms with Crippen LogP contribution in [-0.2, 0) is 24.3 Å². The maximum atomic E-state index is 12.8. The summed E-state index contributed by atoms with van der Waals surface area (Å²) >= 11 is 0. The van der Waals surface area contributed by atoms with E-state index >= 15 is 0 Å². The van der Waals surface area contributed by atoms with Gasteiger partial charge in [0, 0.05) is 37.4 Å². The van der Waals surface area contributed by atoms with E-state index in [0.29, 0.717) is 24.2 Å². The summed E-state index contributed by atoms with van der Waals surface area (Å²) in [6, 6.07) is 9.18. The van der Waals surface area contributed by atoms with Crippen LogP contribution in [0.1, 0.15) is 30.3 Å². The van der Waals surface area contributed by atoms with Gasteiger partial charge in [-0.3, -0.25) is 9.69 Å². The SMILES string of the molecule is CCOC(=O)c1ccc(S(=O)(=O)N2CCC(C(=O)Nc3ccc(N(C)C(=O)OC)cc3)CC2)o1. The van der Waals surface area contributed by atoms with Crippen molar-refractivity contribution < 1.29 is 36.7 Å². The molecule has 1 aliphatic rings. The molecular weight excluding hydrogens is 466 g/mol. The van der Waals surface area contributed by atoms with Crippen molar-refractivity contribution >= 4 is 39.4 Å². The number of esters is 1. The third kappa shape index (κ3) is 5.57.